The number of H-pyrrole nitrogens is 1. The van der Waals surface area contributed by atoms with Crippen molar-refractivity contribution in [3.63, 3.8) is 0 Å². The Kier molecular flexibility index (Phi) is 3.60. The van der Waals surface area contributed by atoms with Crippen LogP contribution in [0.4, 0.5) is 14.6 Å². The second-order valence-electron chi connectivity index (χ2n) is 4.17. The molecule has 2 rings (SSSR count). The summed E-state index contributed by atoms with van der Waals surface area (Å²) in [7, 11) is 1.68. The summed E-state index contributed by atoms with van der Waals surface area (Å²) in [6.45, 7) is 0.200. The number of nitrogens with one attached hydrogen (secondary N) is 1. The number of hydrogen-bond donors (Lipinski definition) is 1. The molecule has 0 saturated carbocycles. The van der Waals surface area contributed by atoms with Crippen LogP contribution in [0.25, 0.3) is 10.9 Å². The van der Waals surface area contributed by atoms with Crippen LogP contribution in [0.5, 0.6) is 0 Å². The van der Waals surface area contributed by atoms with E-state index in [0.29, 0.717) is 16.7 Å². The van der Waals surface area contributed by atoms with Crippen LogP contribution in [0.2, 0.25) is 0 Å². The molecule has 0 aliphatic carbocycles. The van der Waals surface area contributed by atoms with Gasteiger partial charge in [-0.05, 0) is 12.1 Å². The number of anilines is 1. The molecule has 0 aliphatic heterocycles. The van der Waals surface area contributed by atoms with Gasteiger partial charge in [0.05, 0.1) is 5.52 Å². The first kappa shape index (κ1) is 12.5. The number of alkyl halides is 2. The molecule has 1 aromatic carbocycles. The molecule has 2 aromatic rings. The predicted molar refractivity (Wildman–Crippen MR) is 68.5 cm³/mol. The molecular weight excluding hydrogens is 238 g/mol. The molecule has 18 heavy (non-hydrogen) atoms. The number of nitrogens with zero attached hydrogens (tertiary/aromatic N) is 1. The van der Waals surface area contributed by atoms with Crippen LogP contribution < -0.4 is 10.3 Å². The Balaban J connectivity index is 2.31. The maximum atomic E-state index is 12.1. The molecule has 1 aromatic heterocycles. The van der Waals surface area contributed by atoms with Crippen molar-refractivity contribution in [2.45, 2.75) is 12.8 Å². The fraction of sp³-hybridized carbons (Fsp3) is 0.308. The lowest BCUT2D eigenvalue weighted by atomic mass is 10.2. The number of rotatable bonds is 4. The van der Waals surface area contributed by atoms with Gasteiger partial charge in [0.25, 0.3) is 0 Å². The Labute approximate surface area is 103 Å². The zero-order chi connectivity index (χ0) is 13.1. The highest BCUT2D eigenvalue weighted by Gasteiger charge is 2.08. The summed E-state index contributed by atoms with van der Waals surface area (Å²) in [4.78, 5) is 16.5. The smallest absolute Gasteiger partial charge is 0.240 e. The van der Waals surface area contributed by atoms with Gasteiger partial charge in [0.2, 0.25) is 6.43 Å². The second kappa shape index (κ2) is 5.16. The van der Waals surface area contributed by atoms with E-state index in [-0.39, 0.29) is 18.4 Å². The van der Waals surface area contributed by atoms with Crippen molar-refractivity contribution < 1.29 is 8.78 Å². The van der Waals surface area contributed by atoms with E-state index in [9.17, 15) is 13.6 Å². The Hall–Kier alpha value is -1.91. The van der Waals surface area contributed by atoms with E-state index < -0.39 is 6.43 Å². The normalized spacial score (nSPS) is 11.1. The molecule has 0 saturated heterocycles. The van der Waals surface area contributed by atoms with Crippen LogP contribution in [-0.2, 0) is 0 Å². The van der Waals surface area contributed by atoms with Gasteiger partial charge in [0, 0.05) is 31.5 Å². The maximum absolute atomic E-state index is 12.1. The molecule has 3 nitrogen and oxygen atoms in total. The standard InChI is InChI=1S/C13H14F2N2O/c1-17(7-6-12(14)15)13-8-11(18)9-4-2-3-5-10(9)16-13/h2-5,8,12H,6-7H2,1H3,(H,16,18). The van der Waals surface area contributed by atoms with E-state index in [0.717, 1.165) is 0 Å². The van der Waals surface area contributed by atoms with Gasteiger partial charge in [-0.1, -0.05) is 12.1 Å². The molecule has 0 radical (unpaired) electrons. The van der Waals surface area contributed by atoms with Gasteiger partial charge in [0.1, 0.15) is 5.82 Å². The van der Waals surface area contributed by atoms with Gasteiger partial charge in [-0.25, -0.2) is 8.78 Å². The average molecular weight is 252 g/mol. The van der Waals surface area contributed by atoms with E-state index in [2.05, 4.69) is 4.98 Å². The van der Waals surface area contributed by atoms with Crippen molar-refractivity contribution in [1.29, 1.82) is 0 Å². The van der Waals surface area contributed by atoms with E-state index in [1.807, 2.05) is 6.07 Å². The number of hydrogen-bond acceptors (Lipinski definition) is 2. The minimum atomic E-state index is -2.33. The number of para-hydroxylation sites is 1. The molecule has 0 unspecified atom stereocenters. The lowest BCUT2D eigenvalue weighted by molar-refractivity contribution is 0.140. The average Bonchev–Trinajstić information content (AvgIpc) is 2.36. The molecule has 0 amide bonds. The van der Waals surface area contributed by atoms with Crippen molar-refractivity contribution >= 4 is 16.7 Å². The number of benzene rings is 1. The summed E-state index contributed by atoms with van der Waals surface area (Å²) < 4.78 is 24.3. The second-order valence-corrected chi connectivity index (χ2v) is 4.17. The van der Waals surface area contributed by atoms with Crippen LogP contribution in [0.3, 0.4) is 0 Å². The molecule has 1 N–H and O–H groups in total. The predicted octanol–water partition coefficient (Wildman–Crippen LogP) is 2.62. The van der Waals surface area contributed by atoms with E-state index >= 15 is 0 Å². The minimum absolute atomic E-state index is 0.108. The number of pyridine rings is 1. The molecule has 0 fully saturated rings. The van der Waals surface area contributed by atoms with Crippen molar-refractivity contribution in [2.75, 3.05) is 18.5 Å². The van der Waals surface area contributed by atoms with Crippen LogP contribution in [0, 0.1) is 0 Å². The summed E-state index contributed by atoms with van der Waals surface area (Å²) in [6.07, 6.45) is -2.55. The lowest BCUT2D eigenvalue weighted by Gasteiger charge is -2.19. The minimum Gasteiger partial charge on any atom is -0.361 e. The molecule has 1 heterocycles. The Morgan fingerprint density at radius 1 is 1.33 bits per heavy atom. The highest BCUT2D eigenvalue weighted by molar-refractivity contribution is 5.79. The molecule has 0 atom stereocenters. The summed E-state index contributed by atoms with van der Waals surface area (Å²) in [5.74, 6) is 0.555. The monoisotopic (exact) mass is 252 g/mol. The Morgan fingerprint density at radius 2 is 2.06 bits per heavy atom. The van der Waals surface area contributed by atoms with Crippen molar-refractivity contribution in [2.24, 2.45) is 0 Å². The lowest BCUT2D eigenvalue weighted by Crippen LogP contribution is -2.23. The van der Waals surface area contributed by atoms with Crippen LogP contribution >= 0.6 is 0 Å². The van der Waals surface area contributed by atoms with Crippen molar-refractivity contribution in [1.82, 2.24) is 4.98 Å². The third-order valence-electron chi connectivity index (χ3n) is 2.82. The molecular formula is C13H14F2N2O. The van der Waals surface area contributed by atoms with E-state index in [1.54, 1.807) is 30.1 Å². The quantitative estimate of drug-likeness (QED) is 0.908. The number of halogens is 2. The van der Waals surface area contributed by atoms with E-state index in [1.165, 1.54) is 6.07 Å². The fourth-order valence-corrected chi connectivity index (χ4v) is 1.80. The molecule has 5 heteroatoms. The first-order valence-corrected chi connectivity index (χ1v) is 5.69. The maximum Gasteiger partial charge on any atom is 0.240 e. The summed E-state index contributed by atoms with van der Waals surface area (Å²) in [5.41, 5.74) is 0.604. The van der Waals surface area contributed by atoms with Gasteiger partial charge < -0.3 is 9.88 Å². The molecule has 96 valence electrons. The van der Waals surface area contributed by atoms with Crippen LogP contribution in [-0.4, -0.2) is 25.0 Å². The number of aromatic nitrogens is 1. The number of fused-ring (bicyclic) bond motifs is 1. The van der Waals surface area contributed by atoms with Crippen molar-refractivity contribution in [3.8, 4) is 0 Å². The highest BCUT2D eigenvalue weighted by Crippen LogP contribution is 2.14. The van der Waals surface area contributed by atoms with Gasteiger partial charge in [-0.15, -0.1) is 0 Å². The number of aromatic amines is 1. The van der Waals surface area contributed by atoms with Crippen LogP contribution in [0.1, 0.15) is 6.42 Å². The van der Waals surface area contributed by atoms with Crippen LogP contribution in [0.15, 0.2) is 35.1 Å². The third kappa shape index (κ3) is 2.67. The molecule has 0 spiro atoms. The van der Waals surface area contributed by atoms with Gasteiger partial charge in [-0.2, -0.15) is 0 Å². The molecule has 0 bridgehead atoms. The summed E-state index contributed by atoms with van der Waals surface area (Å²) in [5, 5.41) is 0.600. The zero-order valence-electron chi connectivity index (χ0n) is 9.99. The Morgan fingerprint density at radius 3 is 2.78 bits per heavy atom. The van der Waals surface area contributed by atoms with Gasteiger partial charge in [0.15, 0.2) is 5.43 Å². The first-order chi connectivity index (χ1) is 8.58. The third-order valence-corrected chi connectivity index (χ3v) is 2.82. The van der Waals surface area contributed by atoms with Gasteiger partial charge >= 0.3 is 0 Å². The topological polar surface area (TPSA) is 36.1 Å². The van der Waals surface area contributed by atoms with Crippen molar-refractivity contribution in [3.05, 3.63) is 40.6 Å². The fourth-order valence-electron chi connectivity index (χ4n) is 1.80. The SMILES string of the molecule is CN(CCC(F)F)c1cc(=O)c2ccccc2[nH]1. The Bertz CT molecular complexity index is 595. The summed E-state index contributed by atoms with van der Waals surface area (Å²) in [6, 6.07) is 8.57. The van der Waals surface area contributed by atoms with E-state index in [4.69, 9.17) is 0 Å². The van der Waals surface area contributed by atoms with Gasteiger partial charge in [-0.3, -0.25) is 4.79 Å². The largest absolute Gasteiger partial charge is 0.361 e. The zero-order valence-corrected chi connectivity index (χ0v) is 9.99. The summed E-state index contributed by atoms with van der Waals surface area (Å²) >= 11 is 0. The first-order valence-electron chi connectivity index (χ1n) is 5.69. The molecule has 0 aliphatic rings. The highest BCUT2D eigenvalue weighted by atomic mass is 19.3.